The topological polar surface area (TPSA) is 168 Å². The molecule has 0 aliphatic carbocycles. The summed E-state index contributed by atoms with van der Waals surface area (Å²) in [7, 11) is 0. The maximum atomic E-state index is 13.8. The summed E-state index contributed by atoms with van der Waals surface area (Å²) in [5.74, 6) is 1.30. The number of carbonyl (C=O) groups excluding carboxylic acids is 3. The largest absolute Gasteiger partial charge is 0.396 e. The van der Waals surface area contributed by atoms with Gasteiger partial charge in [0.25, 0.3) is 0 Å². The summed E-state index contributed by atoms with van der Waals surface area (Å²) in [5.41, 5.74) is 9.15. The fraction of sp³-hybridized carbons (Fsp3) is 0.560. The van der Waals surface area contributed by atoms with E-state index in [9.17, 15) is 24.7 Å². The standard InChI is InChI=1S/C25H40N4O5/c1-17(2)16-20(23(32)28-27)21(24(33)29-34)25(22(31)18(3)26,13-8-5-9-15-30)14-12-19-10-6-4-7-11-19/h4,6-7,10-12,14,17-18,20-21,30,34H,5,8-9,13,15-16,26-27H2,1-3H3,(H,28,32)(H,29,33)/b14-12+/t18-,20-,21-,25?/m1/s1. The number of hydroxylamine groups is 1. The van der Waals surface area contributed by atoms with Gasteiger partial charge >= 0.3 is 0 Å². The van der Waals surface area contributed by atoms with Gasteiger partial charge in [-0.1, -0.05) is 69.2 Å². The van der Waals surface area contributed by atoms with Gasteiger partial charge in [-0.2, -0.15) is 0 Å². The molecule has 4 atom stereocenters. The number of rotatable bonds is 15. The molecule has 0 saturated carbocycles. The highest BCUT2D eigenvalue weighted by atomic mass is 16.5. The maximum Gasteiger partial charge on any atom is 0.248 e. The number of amides is 2. The molecule has 1 aromatic carbocycles. The molecule has 8 N–H and O–H groups in total. The Hall–Kier alpha value is -2.59. The Morgan fingerprint density at radius 1 is 1.06 bits per heavy atom. The summed E-state index contributed by atoms with van der Waals surface area (Å²) >= 11 is 0. The molecule has 9 heteroatoms. The SMILES string of the molecule is CC(C)C[C@@H](C(=O)NN)[C@H](C(=O)NO)C(/C=C/c1ccccc1)(CCCCCO)C(=O)[C@@H](C)N. The van der Waals surface area contributed by atoms with Crippen molar-refractivity contribution >= 4 is 23.7 Å². The minimum Gasteiger partial charge on any atom is -0.396 e. The number of aliphatic hydroxyl groups is 1. The Bertz CT molecular complexity index is 813. The molecule has 0 radical (unpaired) electrons. The molecule has 0 heterocycles. The summed E-state index contributed by atoms with van der Waals surface area (Å²) in [5, 5.41) is 18.9. The highest BCUT2D eigenvalue weighted by molar-refractivity contribution is 5.99. The van der Waals surface area contributed by atoms with Crippen molar-refractivity contribution in [3.8, 4) is 0 Å². The van der Waals surface area contributed by atoms with Crippen LogP contribution < -0.4 is 22.5 Å². The van der Waals surface area contributed by atoms with E-state index in [2.05, 4.69) is 5.43 Å². The monoisotopic (exact) mass is 476 g/mol. The number of nitrogens with two attached hydrogens (primary N) is 2. The molecule has 0 aliphatic heterocycles. The number of Topliss-reactive ketones (excluding diaryl/α,β-unsaturated/α-hetero) is 1. The molecular formula is C25H40N4O5. The molecule has 34 heavy (non-hydrogen) atoms. The minimum atomic E-state index is -1.50. The lowest BCUT2D eigenvalue weighted by atomic mass is 9.61. The van der Waals surface area contributed by atoms with Crippen LogP contribution in [0.2, 0.25) is 0 Å². The lowest BCUT2D eigenvalue weighted by Gasteiger charge is -2.41. The molecule has 0 spiro atoms. The number of ketones is 1. The van der Waals surface area contributed by atoms with Gasteiger partial charge in [0.05, 0.1) is 23.3 Å². The number of allylic oxidation sites excluding steroid dienone is 1. The molecule has 190 valence electrons. The van der Waals surface area contributed by atoms with Gasteiger partial charge in [-0.3, -0.25) is 25.0 Å². The van der Waals surface area contributed by atoms with Crippen LogP contribution in [-0.4, -0.2) is 40.6 Å². The quantitative estimate of drug-likeness (QED) is 0.0739. The summed E-state index contributed by atoms with van der Waals surface area (Å²) in [6.45, 7) is 5.32. The number of nitrogens with one attached hydrogen (secondary N) is 2. The van der Waals surface area contributed by atoms with Gasteiger partial charge in [-0.15, -0.1) is 0 Å². The lowest BCUT2D eigenvalue weighted by Crippen LogP contribution is -2.56. The first kappa shape index (κ1) is 29.4. The predicted molar refractivity (Wildman–Crippen MR) is 131 cm³/mol. The summed E-state index contributed by atoms with van der Waals surface area (Å²) in [4.78, 5) is 39.8. The molecule has 0 bridgehead atoms. The highest BCUT2D eigenvalue weighted by Gasteiger charge is 2.52. The molecule has 2 amide bonds. The number of carbonyl (C=O) groups is 3. The first-order valence-electron chi connectivity index (χ1n) is 11.7. The molecular weight excluding hydrogens is 436 g/mol. The normalized spacial score (nSPS) is 16.0. The van der Waals surface area contributed by atoms with Gasteiger partial charge in [0.1, 0.15) is 0 Å². The second kappa shape index (κ2) is 14.6. The zero-order valence-corrected chi connectivity index (χ0v) is 20.4. The molecule has 0 fully saturated rings. The summed E-state index contributed by atoms with van der Waals surface area (Å²) in [6.07, 6.45) is 5.45. The molecule has 1 aromatic rings. The Kier molecular flexibility index (Phi) is 12.7. The first-order chi connectivity index (χ1) is 16.1. The number of aliphatic hydroxyl groups excluding tert-OH is 1. The fourth-order valence-electron chi connectivity index (χ4n) is 4.49. The van der Waals surface area contributed by atoms with Crippen molar-refractivity contribution in [3.05, 3.63) is 42.0 Å². The number of hydrazine groups is 1. The third-order valence-electron chi connectivity index (χ3n) is 6.05. The summed E-state index contributed by atoms with van der Waals surface area (Å²) < 4.78 is 0. The van der Waals surface area contributed by atoms with Gasteiger partial charge in [-0.25, -0.2) is 11.3 Å². The van der Waals surface area contributed by atoms with Crippen molar-refractivity contribution in [2.75, 3.05) is 6.61 Å². The van der Waals surface area contributed by atoms with Crippen LogP contribution in [0.5, 0.6) is 0 Å². The van der Waals surface area contributed by atoms with Crippen molar-refractivity contribution < 1.29 is 24.7 Å². The lowest BCUT2D eigenvalue weighted by molar-refractivity contribution is -0.151. The number of unbranched alkanes of at least 4 members (excludes halogenated alkanes) is 2. The molecule has 0 saturated heterocycles. The van der Waals surface area contributed by atoms with Crippen molar-refractivity contribution in [1.29, 1.82) is 0 Å². The van der Waals surface area contributed by atoms with Gasteiger partial charge < -0.3 is 10.8 Å². The van der Waals surface area contributed by atoms with Crippen LogP contribution in [0.1, 0.15) is 58.4 Å². The van der Waals surface area contributed by atoms with E-state index in [0.29, 0.717) is 19.3 Å². The van der Waals surface area contributed by atoms with Crippen LogP contribution in [-0.2, 0) is 14.4 Å². The van der Waals surface area contributed by atoms with E-state index in [1.54, 1.807) is 17.6 Å². The van der Waals surface area contributed by atoms with Gasteiger partial charge in [0.15, 0.2) is 5.78 Å². The molecule has 1 unspecified atom stereocenters. The van der Waals surface area contributed by atoms with Crippen LogP contribution >= 0.6 is 0 Å². The van der Waals surface area contributed by atoms with Crippen molar-refractivity contribution in [2.45, 2.75) is 58.9 Å². The van der Waals surface area contributed by atoms with Crippen molar-refractivity contribution in [1.82, 2.24) is 10.9 Å². The van der Waals surface area contributed by atoms with E-state index < -0.39 is 40.9 Å². The third-order valence-corrected chi connectivity index (χ3v) is 6.05. The van der Waals surface area contributed by atoms with E-state index in [-0.39, 0.29) is 25.4 Å². The Labute approximate surface area is 201 Å². The van der Waals surface area contributed by atoms with E-state index in [4.69, 9.17) is 11.6 Å². The van der Waals surface area contributed by atoms with E-state index in [1.807, 2.05) is 44.2 Å². The molecule has 0 aromatic heterocycles. The smallest absolute Gasteiger partial charge is 0.248 e. The molecule has 1 rings (SSSR count). The van der Waals surface area contributed by atoms with Crippen LogP contribution in [0, 0.1) is 23.2 Å². The fourth-order valence-corrected chi connectivity index (χ4v) is 4.49. The zero-order valence-electron chi connectivity index (χ0n) is 20.4. The molecule has 0 aliphatic rings. The average molecular weight is 477 g/mol. The Balaban J connectivity index is 3.81. The highest BCUT2D eigenvalue weighted by Crippen LogP contribution is 2.44. The van der Waals surface area contributed by atoms with E-state index in [1.165, 1.54) is 6.92 Å². The Morgan fingerprint density at radius 2 is 1.71 bits per heavy atom. The van der Waals surface area contributed by atoms with Crippen LogP contribution in [0.15, 0.2) is 36.4 Å². The van der Waals surface area contributed by atoms with Crippen molar-refractivity contribution in [3.63, 3.8) is 0 Å². The van der Waals surface area contributed by atoms with Crippen molar-refractivity contribution in [2.24, 2.45) is 34.7 Å². The van der Waals surface area contributed by atoms with E-state index >= 15 is 0 Å². The third kappa shape index (κ3) is 8.02. The van der Waals surface area contributed by atoms with Gasteiger partial charge in [-0.05, 0) is 37.7 Å². The number of hydrogen-bond donors (Lipinski definition) is 6. The number of benzene rings is 1. The van der Waals surface area contributed by atoms with Crippen LogP contribution in [0.4, 0.5) is 0 Å². The zero-order chi connectivity index (χ0) is 25.7. The van der Waals surface area contributed by atoms with Gasteiger partial charge in [0, 0.05) is 6.61 Å². The number of hydrogen-bond acceptors (Lipinski definition) is 7. The molecule has 9 nitrogen and oxygen atoms in total. The van der Waals surface area contributed by atoms with E-state index in [0.717, 1.165) is 5.56 Å². The predicted octanol–water partition coefficient (Wildman–Crippen LogP) is 1.93. The second-order valence-electron chi connectivity index (χ2n) is 9.17. The van der Waals surface area contributed by atoms with Gasteiger partial charge in [0.2, 0.25) is 11.8 Å². The van der Waals surface area contributed by atoms with Crippen LogP contribution in [0.25, 0.3) is 6.08 Å². The first-order valence-corrected chi connectivity index (χ1v) is 11.7. The Morgan fingerprint density at radius 3 is 2.21 bits per heavy atom. The summed E-state index contributed by atoms with van der Waals surface area (Å²) in [6, 6.07) is 8.31. The average Bonchev–Trinajstić information content (AvgIpc) is 2.83. The van der Waals surface area contributed by atoms with Crippen LogP contribution in [0.3, 0.4) is 0 Å². The maximum absolute atomic E-state index is 13.8. The minimum absolute atomic E-state index is 0.000200. The second-order valence-corrected chi connectivity index (χ2v) is 9.17.